The first-order chi connectivity index (χ1) is 19.6. The quantitative estimate of drug-likeness (QED) is 0.256. The summed E-state index contributed by atoms with van der Waals surface area (Å²) in [6, 6.07) is 23.1. The van der Waals surface area contributed by atoms with Gasteiger partial charge in [0.15, 0.2) is 0 Å². The van der Waals surface area contributed by atoms with Crippen LogP contribution >= 0.6 is 23.1 Å². The Morgan fingerprint density at radius 3 is 2.52 bits per heavy atom. The third-order valence-electron chi connectivity index (χ3n) is 9.44. The van der Waals surface area contributed by atoms with Crippen LogP contribution in [0.25, 0.3) is 10.8 Å². The van der Waals surface area contributed by atoms with E-state index in [0.717, 1.165) is 45.4 Å². The number of hydrogen-bond donors (Lipinski definition) is 1. The Kier molecular flexibility index (Phi) is 6.75. The Labute approximate surface area is 243 Å². The molecule has 40 heavy (non-hydrogen) atoms. The molecular formula is C33H35N3O2S2. The number of rotatable bonds is 7. The van der Waals surface area contributed by atoms with Crippen LogP contribution in [0, 0.1) is 17.8 Å². The average molecular weight is 570 g/mol. The number of carbonyl (C=O) groups is 1. The summed E-state index contributed by atoms with van der Waals surface area (Å²) >= 11 is 3.25. The molecule has 1 N–H and O–H groups in total. The zero-order valence-corrected chi connectivity index (χ0v) is 24.6. The smallest absolute Gasteiger partial charge is 0.308 e. The number of aromatic nitrogens is 1. The van der Waals surface area contributed by atoms with Crippen molar-refractivity contribution in [2.45, 2.75) is 55.8 Å². The highest BCUT2D eigenvalue weighted by atomic mass is 32.2. The van der Waals surface area contributed by atoms with E-state index >= 15 is 0 Å². The standard InChI is InChI=1S/C33H35N3O2S2/c1-3-35(4-2)24-16-14-21(15-17-24)28-29-22-12-13-23(18-22)30(29)39-32-31(28)40-33(38)36(32)19-27(37)34-26-11-7-9-20-8-5-6-10-25(20)26/h5-11,14-17,22-23,28-30H,3-4,12-13,18-19H2,1-2H3,(H,34,37)/t22-,23-,28-,29-,30+/m0/s1. The fourth-order valence-corrected chi connectivity index (χ4v) is 10.8. The van der Waals surface area contributed by atoms with E-state index in [1.165, 1.54) is 41.9 Å². The van der Waals surface area contributed by atoms with E-state index in [0.29, 0.717) is 17.1 Å². The molecule has 2 heterocycles. The van der Waals surface area contributed by atoms with Crippen LogP contribution < -0.4 is 15.1 Å². The molecule has 2 fully saturated rings. The van der Waals surface area contributed by atoms with Crippen LogP contribution in [0.5, 0.6) is 0 Å². The number of hydrogen-bond acceptors (Lipinski definition) is 5. The van der Waals surface area contributed by atoms with Gasteiger partial charge in [-0.1, -0.05) is 59.9 Å². The van der Waals surface area contributed by atoms with Crippen LogP contribution in [0.15, 0.2) is 76.6 Å². The Morgan fingerprint density at radius 2 is 1.73 bits per heavy atom. The van der Waals surface area contributed by atoms with E-state index < -0.39 is 0 Å². The van der Waals surface area contributed by atoms with Crippen LogP contribution in [-0.4, -0.2) is 28.8 Å². The predicted molar refractivity (Wildman–Crippen MR) is 167 cm³/mol. The van der Waals surface area contributed by atoms with Crippen LogP contribution in [0.4, 0.5) is 11.4 Å². The van der Waals surface area contributed by atoms with Gasteiger partial charge in [-0.3, -0.25) is 14.2 Å². The summed E-state index contributed by atoms with van der Waals surface area (Å²) in [6.07, 6.45) is 3.90. The second-order valence-electron chi connectivity index (χ2n) is 11.4. The number of fused-ring (bicyclic) bond motifs is 7. The summed E-state index contributed by atoms with van der Waals surface area (Å²) in [5.41, 5.74) is 3.35. The van der Waals surface area contributed by atoms with E-state index in [1.807, 2.05) is 54.2 Å². The molecule has 1 amide bonds. The molecule has 0 saturated heterocycles. The van der Waals surface area contributed by atoms with E-state index in [2.05, 4.69) is 48.3 Å². The van der Waals surface area contributed by atoms with Crippen molar-refractivity contribution in [2.75, 3.05) is 23.3 Å². The average Bonchev–Trinajstić information content (AvgIpc) is 3.67. The third-order valence-corrected chi connectivity index (χ3v) is 12.3. The van der Waals surface area contributed by atoms with Gasteiger partial charge in [-0.25, -0.2) is 0 Å². The topological polar surface area (TPSA) is 54.3 Å². The summed E-state index contributed by atoms with van der Waals surface area (Å²) in [7, 11) is 0. The van der Waals surface area contributed by atoms with Gasteiger partial charge in [0, 0.05) is 45.9 Å². The molecule has 1 aliphatic heterocycles. The summed E-state index contributed by atoms with van der Waals surface area (Å²) < 4.78 is 1.75. The number of nitrogens with zero attached hydrogens (tertiary/aromatic N) is 2. The maximum atomic E-state index is 13.5. The number of amides is 1. The van der Waals surface area contributed by atoms with Crippen molar-refractivity contribution in [1.29, 1.82) is 0 Å². The molecule has 7 rings (SSSR count). The van der Waals surface area contributed by atoms with Gasteiger partial charge < -0.3 is 10.2 Å². The van der Waals surface area contributed by atoms with E-state index in [1.54, 1.807) is 4.57 Å². The summed E-state index contributed by atoms with van der Waals surface area (Å²) in [5, 5.41) is 6.72. The molecule has 3 aliphatic rings. The third kappa shape index (κ3) is 4.29. The van der Waals surface area contributed by atoms with Crippen LogP contribution in [0.1, 0.15) is 49.5 Å². The van der Waals surface area contributed by atoms with Crippen molar-refractivity contribution >= 4 is 51.2 Å². The molecule has 206 valence electrons. The summed E-state index contributed by atoms with van der Waals surface area (Å²) in [5.74, 6) is 2.06. The number of benzene rings is 3. The second kappa shape index (κ2) is 10.4. The Hall–Kier alpha value is -3.03. The molecule has 7 heteroatoms. The zero-order chi connectivity index (χ0) is 27.4. The molecule has 0 unspecified atom stereocenters. The highest BCUT2D eigenvalue weighted by Gasteiger charge is 2.55. The molecule has 0 spiro atoms. The lowest BCUT2D eigenvalue weighted by Gasteiger charge is -2.40. The van der Waals surface area contributed by atoms with E-state index in [4.69, 9.17) is 0 Å². The van der Waals surface area contributed by atoms with Crippen LogP contribution in [-0.2, 0) is 11.3 Å². The molecule has 5 atom stereocenters. The maximum Gasteiger partial charge on any atom is 0.308 e. The van der Waals surface area contributed by atoms with Gasteiger partial charge in [-0.05, 0) is 80.0 Å². The van der Waals surface area contributed by atoms with Crippen molar-refractivity contribution in [2.24, 2.45) is 17.8 Å². The van der Waals surface area contributed by atoms with Crippen molar-refractivity contribution in [3.8, 4) is 0 Å². The molecule has 1 aromatic heterocycles. The van der Waals surface area contributed by atoms with Gasteiger partial charge in [-0.15, -0.1) is 11.8 Å². The van der Waals surface area contributed by atoms with Gasteiger partial charge in [0.25, 0.3) is 0 Å². The molecule has 2 bridgehead atoms. The molecule has 0 radical (unpaired) electrons. The van der Waals surface area contributed by atoms with Crippen molar-refractivity contribution in [1.82, 2.24) is 4.57 Å². The van der Waals surface area contributed by atoms with Crippen LogP contribution in [0.3, 0.4) is 0 Å². The van der Waals surface area contributed by atoms with Crippen molar-refractivity contribution in [3.63, 3.8) is 0 Å². The minimum Gasteiger partial charge on any atom is -0.372 e. The minimum atomic E-state index is -0.158. The zero-order valence-electron chi connectivity index (χ0n) is 23.0. The molecule has 4 aromatic rings. The van der Waals surface area contributed by atoms with Crippen LogP contribution in [0.2, 0.25) is 0 Å². The molecule has 3 aromatic carbocycles. The van der Waals surface area contributed by atoms with E-state index in [9.17, 15) is 9.59 Å². The lowest BCUT2D eigenvalue weighted by Crippen LogP contribution is -2.35. The van der Waals surface area contributed by atoms with Gasteiger partial charge in [0.2, 0.25) is 5.91 Å². The lowest BCUT2D eigenvalue weighted by atomic mass is 9.75. The molecule has 5 nitrogen and oxygen atoms in total. The fraction of sp³-hybridized carbons (Fsp3) is 0.394. The molecule has 2 aliphatic carbocycles. The number of anilines is 2. The summed E-state index contributed by atoms with van der Waals surface area (Å²) in [4.78, 5) is 30.3. The SMILES string of the molecule is CCN(CC)c1ccc([C@@H]2c3sc(=O)n(CC(=O)Nc4cccc5ccccc45)c3S[C@@H]3[C@H]4CC[C@@H](C4)[C@@H]23)cc1. The van der Waals surface area contributed by atoms with Gasteiger partial charge in [0.1, 0.15) is 6.54 Å². The predicted octanol–water partition coefficient (Wildman–Crippen LogP) is 7.20. The molecule has 2 saturated carbocycles. The fourth-order valence-electron chi connectivity index (χ4n) is 7.61. The maximum absolute atomic E-state index is 13.5. The first-order valence-electron chi connectivity index (χ1n) is 14.6. The number of nitrogens with one attached hydrogen (secondary N) is 1. The number of thioether (sulfide) groups is 1. The lowest BCUT2D eigenvalue weighted by molar-refractivity contribution is -0.116. The second-order valence-corrected chi connectivity index (χ2v) is 13.6. The van der Waals surface area contributed by atoms with Gasteiger partial charge >= 0.3 is 4.87 Å². The van der Waals surface area contributed by atoms with Crippen molar-refractivity contribution < 1.29 is 4.79 Å². The largest absolute Gasteiger partial charge is 0.372 e. The Balaban J connectivity index is 1.23. The number of thiazole rings is 1. The first-order valence-corrected chi connectivity index (χ1v) is 16.3. The molecular weight excluding hydrogens is 535 g/mol. The van der Waals surface area contributed by atoms with E-state index in [-0.39, 0.29) is 23.2 Å². The first kappa shape index (κ1) is 25.9. The Bertz CT molecular complexity index is 1620. The van der Waals surface area contributed by atoms with Gasteiger partial charge in [-0.2, -0.15) is 0 Å². The number of carbonyl (C=O) groups excluding carboxylic acids is 1. The highest BCUT2D eigenvalue weighted by Crippen LogP contribution is 2.64. The summed E-state index contributed by atoms with van der Waals surface area (Å²) in [6.45, 7) is 6.40. The van der Waals surface area contributed by atoms with Gasteiger partial charge in [0.05, 0.1) is 5.03 Å². The Morgan fingerprint density at radius 1 is 0.975 bits per heavy atom. The highest BCUT2D eigenvalue weighted by molar-refractivity contribution is 8.00. The monoisotopic (exact) mass is 569 g/mol. The normalized spacial score (nSPS) is 24.6. The van der Waals surface area contributed by atoms with Crippen molar-refractivity contribution in [3.05, 3.63) is 86.8 Å². The minimum absolute atomic E-state index is 0.0253.